The van der Waals surface area contributed by atoms with Gasteiger partial charge in [0, 0.05) is 43.8 Å². The second-order valence-electron chi connectivity index (χ2n) is 25.4. The molecule has 26 nitrogen and oxygen atoms in total. The van der Waals surface area contributed by atoms with E-state index in [4.69, 9.17) is 0 Å². The van der Waals surface area contributed by atoms with Crippen LogP contribution in [0.5, 0.6) is 0 Å². The average Bonchev–Trinajstić information content (AvgIpc) is 1.58. The fourth-order valence-electron chi connectivity index (χ4n) is 13.0. The van der Waals surface area contributed by atoms with Crippen molar-refractivity contribution in [3.63, 3.8) is 0 Å². The average molecular weight is 1440 g/mol. The number of imide groups is 2. The van der Waals surface area contributed by atoms with E-state index >= 15 is 0 Å². The standard InChI is InChI=1S/C42H32N2O12.C40H22N4O8/c1-21-3-5-22(6-4-21)15-35(45)29-17-24(9-13-27(29)39(49)50)25-10-14-28(40(51)52)31(18-25)38(48)44-26-11-7-23(8-12-26)16-36(46)30-19-34(42(55)56)32(37(47)43-2)20-33(30)41(53)54;1-19-3-7-22(8-4-19)42-35(47)25-13-5-20(15-27(25)37(42)49)21-6-14-26-28(16-21)38(50)43(36(26)48)23-9-11-24(12-10-23)44-39(51)31-17-29-30(18-32(31)40(44)52)34(46)41(2)33(29)45/h3-14,17-20H,15-16H2,1-2H3,(H,43,47)(H,44,48)(H,49,50)(H,51,52)(H,53,54)(H,55,56);3-18H,1-2H3. The maximum absolute atomic E-state index is 13.7. The van der Waals surface area contributed by atoms with E-state index in [1.807, 2.05) is 38.1 Å². The molecule has 0 unspecified atom stereocenters. The van der Waals surface area contributed by atoms with Crippen LogP contribution in [-0.4, -0.2) is 107 Å². The van der Waals surface area contributed by atoms with Gasteiger partial charge in [-0.1, -0.05) is 83.9 Å². The molecule has 0 bridgehead atoms. The zero-order chi connectivity index (χ0) is 77.2. The molecule has 26 heteroatoms. The lowest BCUT2D eigenvalue weighted by Gasteiger charge is -2.14. The Bertz CT molecular complexity index is 6180. The van der Waals surface area contributed by atoms with Crippen LogP contribution in [0.1, 0.15) is 147 Å². The number of ketones is 2. The van der Waals surface area contributed by atoms with Crippen LogP contribution in [-0.2, 0) is 19.9 Å². The lowest BCUT2D eigenvalue weighted by Crippen LogP contribution is -2.29. The number of hydrogen-bond acceptors (Lipinski definition) is 16. The molecule has 14 rings (SSSR count). The number of Topliss-reactive ketones (excluding diaryl/α,β-unsaturated/α-hetero) is 2. The van der Waals surface area contributed by atoms with Gasteiger partial charge in [-0.3, -0.25) is 62.1 Å². The maximum atomic E-state index is 13.7. The normalized spacial score (nSPS) is 12.2. The summed E-state index contributed by atoms with van der Waals surface area (Å²) in [5, 5.41) is 43.9. The molecule has 12 aromatic rings. The largest absolute Gasteiger partial charge is 0.478 e. The number of nitrogens with one attached hydrogen (secondary N) is 2. The number of rotatable bonds is 18. The number of anilines is 3. The van der Waals surface area contributed by atoms with Crippen LogP contribution in [0.25, 0.3) is 49.5 Å². The van der Waals surface area contributed by atoms with Crippen LogP contribution in [0.4, 0.5) is 17.1 Å². The molecule has 0 radical (unpaired) electrons. The molecule has 2 aliphatic heterocycles. The number of hydrogen-bond donors (Lipinski definition) is 6. The van der Waals surface area contributed by atoms with Gasteiger partial charge in [0.05, 0.1) is 94.2 Å². The number of fused-ring (bicyclic) bond motifs is 4. The summed E-state index contributed by atoms with van der Waals surface area (Å²) in [5.74, 6) is -10.8. The highest BCUT2D eigenvalue weighted by Crippen LogP contribution is 2.37. The van der Waals surface area contributed by atoms with Crippen molar-refractivity contribution in [3.05, 3.63) is 325 Å². The topological polar surface area (TPSA) is 394 Å². The number of carbonyl (C=O) groups is 12. The molecular weight excluding hydrogens is 1390 g/mol. The first kappa shape index (κ1) is 71.3. The summed E-state index contributed by atoms with van der Waals surface area (Å²) in [6, 6.07) is 47.5. The van der Waals surface area contributed by atoms with E-state index in [1.54, 1.807) is 54.6 Å². The van der Waals surface area contributed by atoms with Crippen molar-refractivity contribution in [1.29, 1.82) is 0 Å². The summed E-state index contributed by atoms with van der Waals surface area (Å²) in [6.07, 6.45) is -0.446. The van der Waals surface area contributed by atoms with Crippen LogP contribution in [0.3, 0.4) is 0 Å². The van der Waals surface area contributed by atoms with Crippen LogP contribution in [0.2, 0.25) is 0 Å². The highest BCUT2D eigenvalue weighted by Gasteiger charge is 2.40. The Kier molecular flexibility index (Phi) is 18.4. The predicted molar refractivity (Wildman–Crippen MR) is 394 cm³/mol. The molecule has 0 spiro atoms. The number of carboxylic acids is 4. The molecule has 6 amide bonds. The molecule has 6 N–H and O–H groups in total. The molecule has 0 saturated heterocycles. The SMILES string of the molecule is CNC(=O)c1cc(C(=O)O)c(C(=O)Cc2ccc(NC(=O)c3cc(-c4ccc(C(=O)O)c(C(=O)Cc5ccc(C)cc5)c4)ccc3C(=O)O)cc2)cc1C(=O)O.Cc1ccc(N2C(=O)c3ccc(-c4ccc5c(c4)C(=O)N(c4ccc(-n6c(=O)c7cc8c(=O)n(C)c(=O)c8cc7c6=O)cc4)C5=O)cc3C2=O)cc1. The number of benzene rings is 10. The van der Waals surface area contributed by atoms with Gasteiger partial charge in [-0.15, -0.1) is 0 Å². The Balaban J connectivity index is 0.000000191. The first-order valence-electron chi connectivity index (χ1n) is 32.8. The summed E-state index contributed by atoms with van der Waals surface area (Å²) in [7, 11) is 2.56. The number of aromatic nitrogens is 2. The van der Waals surface area contributed by atoms with Crippen LogP contribution in [0.15, 0.2) is 213 Å². The second kappa shape index (κ2) is 27.9. The van der Waals surface area contributed by atoms with Crippen molar-refractivity contribution in [3.8, 4) is 27.9 Å². The van der Waals surface area contributed by atoms with E-state index < -0.39 is 115 Å². The zero-order valence-electron chi connectivity index (χ0n) is 57.0. The van der Waals surface area contributed by atoms with E-state index in [0.717, 1.165) is 42.2 Å². The highest BCUT2D eigenvalue weighted by molar-refractivity contribution is 6.36. The Morgan fingerprint density at radius 3 is 1.13 bits per heavy atom. The number of aromatic carboxylic acids is 4. The molecule has 0 fully saturated rings. The maximum Gasteiger partial charge on any atom is 0.336 e. The van der Waals surface area contributed by atoms with Crippen LogP contribution >= 0.6 is 0 Å². The van der Waals surface area contributed by atoms with Gasteiger partial charge >= 0.3 is 23.9 Å². The highest BCUT2D eigenvalue weighted by atomic mass is 16.4. The first-order chi connectivity index (χ1) is 51.5. The number of amides is 6. The molecule has 4 heterocycles. The van der Waals surface area contributed by atoms with E-state index in [2.05, 4.69) is 10.6 Å². The minimum absolute atomic E-state index is 0.0108. The molecule has 108 heavy (non-hydrogen) atoms. The van der Waals surface area contributed by atoms with Crippen molar-refractivity contribution >= 4 is 109 Å². The van der Waals surface area contributed by atoms with Gasteiger partial charge < -0.3 is 31.1 Å². The second-order valence-corrected chi connectivity index (χ2v) is 25.4. The van der Waals surface area contributed by atoms with Crippen LogP contribution < -0.4 is 42.7 Å². The number of carbonyl (C=O) groups excluding carboxylic acids is 8. The number of aryl methyl sites for hydroxylation is 2. The van der Waals surface area contributed by atoms with E-state index in [0.29, 0.717) is 39.1 Å². The minimum atomic E-state index is -1.55. The van der Waals surface area contributed by atoms with Crippen molar-refractivity contribution < 1.29 is 78.0 Å². The van der Waals surface area contributed by atoms with Gasteiger partial charge in [-0.2, -0.15) is 0 Å². The molecule has 532 valence electrons. The summed E-state index contributed by atoms with van der Waals surface area (Å²) in [5.41, 5.74) is 1.25. The van der Waals surface area contributed by atoms with Crippen molar-refractivity contribution in [2.45, 2.75) is 26.7 Å². The van der Waals surface area contributed by atoms with E-state index in [9.17, 15) is 97.1 Å². The minimum Gasteiger partial charge on any atom is -0.478 e. The lowest BCUT2D eigenvalue weighted by atomic mass is 9.92. The molecule has 0 aliphatic carbocycles. The third-order valence-electron chi connectivity index (χ3n) is 18.7. The predicted octanol–water partition coefficient (Wildman–Crippen LogP) is 9.93. The molecule has 2 aliphatic rings. The van der Waals surface area contributed by atoms with E-state index in [1.165, 1.54) is 117 Å². The smallest absolute Gasteiger partial charge is 0.336 e. The first-order valence-corrected chi connectivity index (χ1v) is 32.8. The summed E-state index contributed by atoms with van der Waals surface area (Å²) in [6.45, 7) is 3.80. The van der Waals surface area contributed by atoms with Crippen LogP contribution in [0, 0.1) is 13.8 Å². The van der Waals surface area contributed by atoms with Gasteiger partial charge in [0.15, 0.2) is 11.6 Å². The van der Waals surface area contributed by atoms with Crippen molar-refractivity contribution in [2.75, 3.05) is 22.2 Å². The third-order valence-corrected chi connectivity index (χ3v) is 18.7. The van der Waals surface area contributed by atoms with Crippen molar-refractivity contribution in [2.24, 2.45) is 7.05 Å². The monoisotopic (exact) mass is 1440 g/mol. The zero-order valence-corrected chi connectivity index (χ0v) is 57.0. The molecule has 0 saturated carbocycles. The Labute approximate surface area is 607 Å². The molecule has 0 atom stereocenters. The Hall–Kier alpha value is -15.1. The lowest BCUT2D eigenvalue weighted by molar-refractivity contribution is 0.0676. The summed E-state index contributed by atoms with van der Waals surface area (Å²) < 4.78 is 1.83. The van der Waals surface area contributed by atoms with Gasteiger partial charge in [0.2, 0.25) is 0 Å². The fraction of sp³-hybridized carbons (Fsp3) is 0.0732. The van der Waals surface area contributed by atoms with Gasteiger partial charge in [0.25, 0.3) is 57.7 Å². The third kappa shape index (κ3) is 12.9. The summed E-state index contributed by atoms with van der Waals surface area (Å²) in [4.78, 5) is 208. The fourth-order valence-corrected chi connectivity index (χ4v) is 13.0. The Morgan fingerprint density at radius 2 is 0.676 bits per heavy atom. The Morgan fingerprint density at radius 1 is 0.333 bits per heavy atom. The molecule has 2 aromatic heterocycles. The summed E-state index contributed by atoms with van der Waals surface area (Å²) >= 11 is 0. The number of carboxylic acid groups (broad SMARTS) is 4. The van der Waals surface area contributed by atoms with Crippen molar-refractivity contribution in [1.82, 2.24) is 14.5 Å². The van der Waals surface area contributed by atoms with Gasteiger partial charge in [-0.25, -0.2) is 33.5 Å². The molecule has 10 aromatic carbocycles. The quantitative estimate of drug-likeness (QED) is 0.0343. The van der Waals surface area contributed by atoms with Gasteiger partial charge in [0.1, 0.15) is 0 Å². The molecular formula is C82H54N6O20. The van der Waals surface area contributed by atoms with Gasteiger partial charge in [-0.05, 0) is 169 Å². The number of nitrogens with zero attached hydrogens (tertiary/aromatic N) is 4. The van der Waals surface area contributed by atoms with E-state index in [-0.39, 0.29) is 96.0 Å².